The molecule has 2 aromatic rings. The second kappa shape index (κ2) is 6.58. The molecule has 1 amide bonds. The lowest BCUT2D eigenvalue weighted by atomic mass is 10.1. The van der Waals surface area contributed by atoms with Crippen LogP contribution in [0.5, 0.6) is 5.75 Å². The molecule has 1 N–H and O–H groups in total. The van der Waals surface area contributed by atoms with E-state index in [-0.39, 0.29) is 13.4 Å². The van der Waals surface area contributed by atoms with Crippen LogP contribution in [0.1, 0.15) is 11.1 Å². The minimum Gasteiger partial charge on any atom is -0.467 e. The molecule has 0 spiro atoms. The van der Waals surface area contributed by atoms with Gasteiger partial charge in [-0.2, -0.15) is 0 Å². The molecule has 0 bridgehead atoms. The largest absolute Gasteiger partial charge is 0.467 e. The molecule has 0 saturated heterocycles. The standard InChI is InChI=1S/C17H13F2NO3/c18-13-2-1-3-15(8-13)20-16(21)5-4-11-6-14(19)7-12-9-22-10-23-17(11)12/h1-8H,9-10H2,(H,20,21). The number of hydrogen-bond donors (Lipinski definition) is 1. The number of carbonyl (C=O) groups excluding carboxylic acids is 1. The summed E-state index contributed by atoms with van der Waals surface area (Å²) in [4.78, 5) is 11.9. The van der Waals surface area contributed by atoms with E-state index >= 15 is 0 Å². The minimum absolute atomic E-state index is 0.0783. The smallest absolute Gasteiger partial charge is 0.248 e. The van der Waals surface area contributed by atoms with Crippen LogP contribution in [0.15, 0.2) is 42.5 Å². The van der Waals surface area contributed by atoms with Gasteiger partial charge in [-0.15, -0.1) is 0 Å². The summed E-state index contributed by atoms with van der Waals surface area (Å²) in [6.07, 6.45) is 2.68. The molecule has 23 heavy (non-hydrogen) atoms. The Morgan fingerprint density at radius 1 is 1.17 bits per heavy atom. The van der Waals surface area contributed by atoms with Crippen molar-refractivity contribution in [3.63, 3.8) is 0 Å². The van der Waals surface area contributed by atoms with Gasteiger partial charge in [0, 0.05) is 22.9 Å². The van der Waals surface area contributed by atoms with E-state index in [9.17, 15) is 13.6 Å². The number of amides is 1. The van der Waals surface area contributed by atoms with Crippen molar-refractivity contribution in [3.05, 3.63) is 65.2 Å². The molecule has 1 heterocycles. The van der Waals surface area contributed by atoms with Crippen molar-refractivity contribution >= 4 is 17.7 Å². The van der Waals surface area contributed by atoms with Crippen molar-refractivity contribution in [3.8, 4) is 5.75 Å². The highest BCUT2D eigenvalue weighted by Gasteiger charge is 2.15. The van der Waals surface area contributed by atoms with Crippen LogP contribution >= 0.6 is 0 Å². The van der Waals surface area contributed by atoms with Crippen LogP contribution in [0.3, 0.4) is 0 Å². The summed E-state index contributed by atoms with van der Waals surface area (Å²) in [7, 11) is 0. The fourth-order valence-corrected chi connectivity index (χ4v) is 2.25. The van der Waals surface area contributed by atoms with Crippen LogP contribution < -0.4 is 10.1 Å². The molecule has 0 radical (unpaired) electrons. The quantitative estimate of drug-likeness (QED) is 0.882. The molecule has 6 heteroatoms. The highest BCUT2D eigenvalue weighted by Crippen LogP contribution is 2.30. The number of fused-ring (bicyclic) bond motifs is 1. The third kappa shape index (κ3) is 3.73. The van der Waals surface area contributed by atoms with E-state index < -0.39 is 17.5 Å². The van der Waals surface area contributed by atoms with E-state index in [4.69, 9.17) is 9.47 Å². The summed E-state index contributed by atoms with van der Waals surface area (Å²) in [5, 5.41) is 2.52. The highest BCUT2D eigenvalue weighted by molar-refractivity contribution is 6.02. The maximum absolute atomic E-state index is 13.6. The average Bonchev–Trinajstić information content (AvgIpc) is 2.52. The molecular formula is C17H13F2NO3. The van der Waals surface area contributed by atoms with Crippen LogP contribution in [0.2, 0.25) is 0 Å². The second-order valence-electron chi connectivity index (χ2n) is 4.93. The number of rotatable bonds is 3. The summed E-state index contributed by atoms with van der Waals surface area (Å²) in [5.74, 6) is -0.851. The van der Waals surface area contributed by atoms with Gasteiger partial charge in [0.1, 0.15) is 17.4 Å². The Balaban J connectivity index is 1.77. The Hall–Kier alpha value is -2.73. The van der Waals surface area contributed by atoms with Crippen molar-refractivity contribution in [2.75, 3.05) is 12.1 Å². The van der Waals surface area contributed by atoms with Gasteiger partial charge >= 0.3 is 0 Å². The molecule has 2 aromatic carbocycles. The maximum atomic E-state index is 13.6. The molecule has 3 rings (SSSR count). The topological polar surface area (TPSA) is 47.6 Å². The van der Waals surface area contributed by atoms with Crippen molar-refractivity contribution in [2.24, 2.45) is 0 Å². The number of nitrogens with one attached hydrogen (secondary N) is 1. The third-order valence-electron chi connectivity index (χ3n) is 3.21. The Labute approximate surface area is 131 Å². The molecule has 1 aliphatic rings. The van der Waals surface area contributed by atoms with Gasteiger partial charge in [0.05, 0.1) is 6.61 Å². The van der Waals surface area contributed by atoms with Gasteiger partial charge in [-0.05, 0) is 36.4 Å². The molecule has 118 valence electrons. The van der Waals surface area contributed by atoms with Crippen LogP contribution in [0.4, 0.5) is 14.5 Å². The zero-order chi connectivity index (χ0) is 16.2. The molecule has 0 aliphatic carbocycles. The SMILES string of the molecule is O=C(C=Cc1cc(F)cc2c1OCOC2)Nc1cccc(F)c1. The maximum Gasteiger partial charge on any atom is 0.248 e. The van der Waals surface area contributed by atoms with Gasteiger partial charge in [-0.1, -0.05) is 6.07 Å². The molecule has 0 saturated carbocycles. The lowest BCUT2D eigenvalue weighted by molar-refractivity contribution is -0.111. The third-order valence-corrected chi connectivity index (χ3v) is 3.21. The molecule has 0 aromatic heterocycles. The number of ether oxygens (including phenoxy) is 2. The number of carbonyl (C=O) groups is 1. The van der Waals surface area contributed by atoms with E-state index in [1.54, 1.807) is 6.07 Å². The van der Waals surface area contributed by atoms with Gasteiger partial charge in [-0.3, -0.25) is 4.79 Å². The predicted molar refractivity (Wildman–Crippen MR) is 80.7 cm³/mol. The monoisotopic (exact) mass is 317 g/mol. The van der Waals surface area contributed by atoms with Gasteiger partial charge in [0.2, 0.25) is 5.91 Å². The normalized spacial score (nSPS) is 13.5. The first-order chi connectivity index (χ1) is 11.1. The second-order valence-corrected chi connectivity index (χ2v) is 4.93. The number of anilines is 1. The van der Waals surface area contributed by atoms with Crippen molar-refractivity contribution in [1.29, 1.82) is 0 Å². The van der Waals surface area contributed by atoms with Crippen LogP contribution in [-0.4, -0.2) is 12.7 Å². The first-order valence-electron chi connectivity index (χ1n) is 6.89. The van der Waals surface area contributed by atoms with Crippen molar-refractivity contribution < 1.29 is 23.0 Å². The molecule has 4 nitrogen and oxygen atoms in total. The zero-order valence-electron chi connectivity index (χ0n) is 12.0. The molecule has 0 atom stereocenters. The predicted octanol–water partition coefficient (Wildman–Crippen LogP) is 3.48. The van der Waals surface area contributed by atoms with Gasteiger partial charge in [-0.25, -0.2) is 8.78 Å². The Kier molecular flexibility index (Phi) is 4.34. The molecule has 1 aliphatic heterocycles. The first-order valence-corrected chi connectivity index (χ1v) is 6.89. The average molecular weight is 317 g/mol. The fraction of sp³-hybridized carbons (Fsp3) is 0.118. The van der Waals surface area contributed by atoms with Crippen molar-refractivity contribution in [2.45, 2.75) is 6.61 Å². The fourth-order valence-electron chi connectivity index (χ4n) is 2.25. The van der Waals surface area contributed by atoms with E-state index in [1.165, 1.54) is 42.5 Å². The van der Waals surface area contributed by atoms with Gasteiger partial charge < -0.3 is 14.8 Å². The van der Waals surface area contributed by atoms with Crippen LogP contribution in [-0.2, 0) is 16.1 Å². The van der Waals surface area contributed by atoms with Crippen LogP contribution in [0.25, 0.3) is 6.08 Å². The van der Waals surface area contributed by atoms with Crippen LogP contribution in [0, 0.1) is 11.6 Å². The van der Waals surface area contributed by atoms with E-state index in [0.29, 0.717) is 22.6 Å². The van der Waals surface area contributed by atoms with E-state index in [2.05, 4.69) is 5.32 Å². The van der Waals surface area contributed by atoms with Crippen molar-refractivity contribution in [1.82, 2.24) is 0 Å². The van der Waals surface area contributed by atoms with E-state index in [0.717, 1.165) is 0 Å². The summed E-state index contributed by atoms with van der Waals surface area (Å²) in [6, 6.07) is 8.15. The number of hydrogen-bond acceptors (Lipinski definition) is 3. The summed E-state index contributed by atoms with van der Waals surface area (Å²) in [5.41, 5.74) is 1.37. The Morgan fingerprint density at radius 3 is 2.87 bits per heavy atom. The Bertz CT molecular complexity index is 774. The minimum atomic E-state index is -0.458. The highest BCUT2D eigenvalue weighted by atomic mass is 19.1. The summed E-state index contributed by atoms with van der Waals surface area (Å²) in [6.45, 7) is 0.332. The summed E-state index contributed by atoms with van der Waals surface area (Å²) < 4.78 is 37.1. The lowest BCUT2D eigenvalue weighted by Gasteiger charge is -2.19. The zero-order valence-corrected chi connectivity index (χ0v) is 12.0. The summed E-state index contributed by atoms with van der Waals surface area (Å²) >= 11 is 0. The van der Waals surface area contributed by atoms with Gasteiger partial charge in [0.15, 0.2) is 6.79 Å². The lowest BCUT2D eigenvalue weighted by Crippen LogP contribution is -2.13. The molecular weight excluding hydrogens is 304 g/mol. The molecule has 0 unspecified atom stereocenters. The van der Waals surface area contributed by atoms with Gasteiger partial charge in [0.25, 0.3) is 0 Å². The van der Waals surface area contributed by atoms with E-state index in [1.807, 2.05) is 0 Å². The first kappa shape index (κ1) is 15.2. The number of benzene rings is 2. The number of halogens is 2. The molecule has 0 fully saturated rings. The Morgan fingerprint density at radius 2 is 2.04 bits per heavy atom.